The molecule has 1 aromatic heterocycles. The van der Waals surface area contributed by atoms with Gasteiger partial charge in [-0.2, -0.15) is 11.3 Å². The molecular formula is C12H10O3S. The Bertz CT molecular complexity index is 460. The highest BCUT2D eigenvalue weighted by atomic mass is 32.1. The Morgan fingerprint density at radius 2 is 1.94 bits per heavy atom. The highest BCUT2D eigenvalue weighted by Crippen LogP contribution is 2.24. The minimum atomic E-state index is -0.970. The zero-order valence-electron chi connectivity index (χ0n) is 8.42. The van der Waals surface area contributed by atoms with Gasteiger partial charge in [-0.1, -0.05) is 12.1 Å². The van der Waals surface area contributed by atoms with E-state index in [4.69, 9.17) is 9.84 Å². The van der Waals surface area contributed by atoms with Crippen molar-refractivity contribution in [2.45, 2.75) is 0 Å². The van der Waals surface area contributed by atoms with Gasteiger partial charge in [0.05, 0.1) is 0 Å². The minimum absolute atomic E-state index is 0.308. The number of hydrogen-bond donors (Lipinski definition) is 1. The predicted molar refractivity (Wildman–Crippen MR) is 62.9 cm³/mol. The number of carbonyl (C=O) groups is 1. The van der Waals surface area contributed by atoms with E-state index in [2.05, 4.69) is 5.38 Å². The van der Waals surface area contributed by atoms with E-state index in [0.29, 0.717) is 5.75 Å². The van der Waals surface area contributed by atoms with Crippen molar-refractivity contribution < 1.29 is 14.6 Å². The topological polar surface area (TPSA) is 46.5 Å². The van der Waals surface area contributed by atoms with Gasteiger partial charge in [0.15, 0.2) is 6.61 Å². The van der Waals surface area contributed by atoms with E-state index in [9.17, 15) is 4.79 Å². The largest absolute Gasteiger partial charge is 0.482 e. The van der Waals surface area contributed by atoms with Crippen LogP contribution in [0.5, 0.6) is 5.75 Å². The van der Waals surface area contributed by atoms with Crippen LogP contribution in [-0.4, -0.2) is 17.7 Å². The highest BCUT2D eigenvalue weighted by molar-refractivity contribution is 7.08. The Balaban J connectivity index is 2.08. The lowest BCUT2D eigenvalue weighted by Gasteiger charge is -2.03. The van der Waals surface area contributed by atoms with Crippen molar-refractivity contribution in [2.75, 3.05) is 6.61 Å². The van der Waals surface area contributed by atoms with Gasteiger partial charge in [0, 0.05) is 0 Å². The molecule has 16 heavy (non-hydrogen) atoms. The molecule has 0 unspecified atom stereocenters. The van der Waals surface area contributed by atoms with Crippen LogP contribution >= 0.6 is 11.3 Å². The Morgan fingerprint density at radius 1 is 1.19 bits per heavy atom. The first-order valence-corrected chi connectivity index (χ1v) is 5.67. The van der Waals surface area contributed by atoms with Crippen molar-refractivity contribution in [3.05, 3.63) is 41.1 Å². The molecule has 2 rings (SSSR count). The molecule has 0 bridgehead atoms. The van der Waals surface area contributed by atoms with Gasteiger partial charge in [-0.15, -0.1) is 0 Å². The first-order chi connectivity index (χ1) is 7.75. The molecule has 82 valence electrons. The maximum absolute atomic E-state index is 10.3. The van der Waals surface area contributed by atoms with Gasteiger partial charge < -0.3 is 9.84 Å². The first kappa shape index (κ1) is 10.7. The van der Waals surface area contributed by atoms with Crippen LogP contribution in [0.3, 0.4) is 0 Å². The molecule has 0 saturated carbocycles. The number of aliphatic carboxylic acids is 1. The molecule has 0 saturated heterocycles. The normalized spacial score (nSPS) is 10.0. The summed E-state index contributed by atoms with van der Waals surface area (Å²) in [5.74, 6) is -0.400. The zero-order chi connectivity index (χ0) is 11.4. The molecule has 0 amide bonds. The van der Waals surface area contributed by atoms with Crippen LogP contribution < -0.4 is 4.74 Å². The Kier molecular flexibility index (Phi) is 3.22. The average molecular weight is 234 g/mol. The van der Waals surface area contributed by atoms with Crippen LogP contribution in [0.25, 0.3) is 11.1 Å². The molecule has 0 atom stereocenters. The van der Waals surface area contributed by atoms with Gasteiger partial charge in [0.1, 0.15) is 5.75 Å². The van der Waals surface area contributed by atoms with Gasteiger partial charge in [-0.3, -0.25) is 0 Å². The Morgan fingerprint density at radius 3 is 2.50 bits per heavy atom. The molecule has 0 radical (unpaired) electrons. The lowest BCUT2D eigenvalue weighted by Crippen LogP contribution is -2.09. The van der Waals surface area contributed by atoms with Crippen molar-refractivity contribution >= 4 is 17.3 Å². The summed E-state index contributed by atoms with van der Waals surface area (Å²) in [7, 11) is 0. The van der Waals surface area contributed by atoms with Crippen molar-refractivity contribution in [3.63, 3.8) is 0 Å². The molecule has 0 aliphatic carbocycles. The first-order valence-electron chi connectivity index (χ1n) is 4.73. The summed E-state index contributed by atoms with van der Waals surface area (Å²) in [5.41, 5.74) is 2.26. The Hall–Kier alpha value is -1.81. The molecule has 0 aliphatic rings. The third-order valence-corrected chi connectivity index (χ3v) is 2.75. The maximum atomic E-state index is 10.3. The van der Waals surface area contributed by atoms with Gasteiger partial charge >= 0.3 is 5.97 Å². The van der Waals surface area contributed by atoms with E-state index < -0.39 is 5.97 Å². The molecular weight excluding hydrogens is 224 g/mol. The summed E-state index contributed by atoms with van der Waals surface area (Å²) in [6.45, 7) is -0.308. The van der Waals surface area contributed by atoms with Crippen molar-refractivity contribution in [1.82, 2.24) is 0 Å². The molecule has 0 aliphatic heterocycles. The number of carboxylic acid groups (broad SMARTS) is 1. The number of rotatable bonds is 4. The second-order valence-corrected chi connectivity index (χ2v) is 4.00. The average Bonchev–Trinajstić information content (AvgIpc) is 2.80. The van der Waals surface area contributed by atoms with Crippen LogP contribution in [0.1, 0.15) is 0 Å². The van der Waals surface area contributed by atoms with Crippen LogP contribution in [0, 0.1) is 0 Å². The van der Waals surface area contributed by atoms with Crippen molar-refractivity contribution in [2.24, 2.45) is 0 Å². The fraction of sp³-hybridized carbons (Fsp3) is 0.0833. The maximum Gasteiger partial charge on any atom is 0.341 e. The molecule has 2 aromatic rings. The summed E-state index contributed by atoms with van der Waals surface area (Å²) in [6.07, 6.45) is 0. The lowest BCUT2D eigenvalue weighted by atomic mass is 10.1. The summed E-state index contributed by atoms with van der Waals surface area (Å²) >= 11 is 1.64. The monoisotopic (exact) mass is 234 g/mol. The van der Waals surface area contributed by atoms with Crippen LogP contribution in [0.2, 0.25) is 0 Å². The van der Waals surface area contributed by atoms with E-state index in [-0.39, 0.29) is 6.61 Å². The molecule has 4 heteroatoms. The number of hydrogen-bond acceptors (Lipinski definition) is 3. The molecule has 1 N–H and O–H groups in total. The third kappa shape index (κ3) is 2.61. The smallest absolute Gasteiger partial charge is 0.341 e. The second kappa shape index (κ2) is 4.81. The third-order valence-electron chi connectivity index (χ3n) is 2.07. The van der Waals surface area contributed by atoms with E-state index in [1.807, 2.05) is 23.6 Å². The minimum Gasteiger partial charge on any atom is -0.482 e. The number of ether oxygens (including phenoxy) is 1. The van der Waals surface area contributed by atoms with Crippen LogP contribution in [-0.2, 0) is 4.79 Å². The van der Waals surface area contributed by atoms with Crippen LogP contribution in [0.15, 0.2) is 41.1 Å². The number of thiophene rings is 1. The van der Waals surface area contributed by atoms with E-state index in [0.717, 1.165) is 11.1 Å². The quantitative estimate of drug-likeness (QED) is 0.884. The summed E-state index contributed by atoms with van der Waals surface area (Å²) in [6, 6.07) is 9.42. The van der Waals surface area contributed by atoms with Gasteiger partial charge in [0.2, 0.25) is 0 Å². The molecule has 3 nitrogen and oxygen atoms in total. The van der Waals surface area contributed by atoms with E-state index >= 15 is 0 Å². The SMILES string of the molecule is O=C(O)COc1ccc(-c2ccsc2)cc1. The highest BCUT2D eigenvalue weighted by Gasteiger charge is 2.01. The van der Waals surface area contributed by atoms with Gasteiger partial charge in [-0.05, 0) is 40.1 Å². The van der Waals surface area contributed by atoms with Crippen molar-refractivity contribution in [1.29, 1.82) is 0 Å². The van der Waals surface area contributed by atoms with E-state index in [1.54, 1.807) is 23.5 Å². The van der Waals surface area contributed by atoms with E-state index in [1.165, 1.54) is 0 Å². The van der Waals surface area contributed by atoms with Gasteiger partial charge in [0.25, 0.3) is 0 Å². The molecule has 0 fully saturated rings. The molecule has 1 heterocycles. The number of carboxylic acids is 1. The number of benzene rings is 1. The molecule has 0 spiro atoms. The standard InChI is InChI=1S/C12H10O3S/c13-12(14)7-15-11-3-1-9(2-4-11)10-5-6-16-8-10/h1-6,8H,7H2,(H,13,14). The lowest BCUT2D eigenvalue weighted by molar-refractivity contribution is -0.139. The fourth-order valence-electron chi connectivity index (χ4n) is 1.32. The fourth-order valence-corrected chi connectivity index (χ4v) is 1.98. The van der Waals surface area contributed by atoms with Gasteiger partial charge in [-0.25, -0.2) is 4.79 Å². The van der Waals surface area contributed by atoms with Crippen molar-refractivity contribution in [3.8, 4) is 16.9 Å². The van der Waals surface area contributed by atoms with Crippen LogP contribution in [0.4, 0.5) is 0 Å². The Labute approximate surface area is 96.9 Å². The molecule has 1 aromatic carbocycles. The summed E-state index contributed by atoms with van der Waals surface area (Å²) in [5, 5.41) is 12.5. The summed E-state index contributed by atoms with van der Waals surface area (Å²) < 4.78 is 5.04. The predicted octanol–water partition coefficient (Wildman–Crippen LogP) is 2.88. The zero-order valence-corrected chi connectivity index (χ0v) is 9.24. The second-order valence-electron chi connectivity index (χ2n) is 3.22. The summed E-state index contributed by atoms with van der Waals surface area (Å²) in [4.78, 5) is 10.3.